The van der Waals surface area contributed by atoms with Gasteiger partial charge in [0.05, 0.1) is 13.7 Å². The third-order valence-electron chi connectivity index (χ3n) is 5.07. The Labute approximate surface area is 185 Å². The molecule has 31 heavy (non-hydrogen) atoms. The molecule has 0 unspecified atom stereocenters. The van der Waals surface area contributed by atoms with Crippen molar-refractivity contribution in [2.75, 3.05) is 20.3 Å². The Bertz CT molecular complexity index is 818. The lowest BCUT2D eigenvalue weighted by atomic mass is 10.1. The number of rotatable bonds is 12. The summed E-state index contributed by atoms with van der Waals surface area (Å²) in [5.41, 5.74) is 2.13. The molecule has 0 aliphatic carbocycles. The van der Waals surface area contributed by atoms with Gasteiger partial charge in [-0.2, -0.15) is 0 Å². The average molecular weight is 427 g/mol. The van der Waals surface area contributed by atoms with Crippen LogP contribution in [0, 0.1) is 6.92 Å². The predicted molar refractivity (Wildman–Crippen MR) is 122 cm³/mol. The van der Waals surface area contributed by atoms with E-state index in [9.17, 15) is 9.59 Å². The molecule has 0 saturated carbocycles. The van der Waals surface area contributed by atoms with Gasteiger partial charge in [-0.3, -0.25) is 9.59 Å². The van der Waals surface area contributed by atoms with E-state index in [1.165, 1.54) is 5.56 Å². The SMILES string of the molecule is CCNC(=O)[C@H](CC)N(Cc1ccc(OC)cc1)C(=O)CCCOc1ccc(C)cc1. The number of likely N-dealkylation sites (N-methyl/N-ethyl adjacent to an activating group) is 1. The van der Waals surface area contributed by atoms with Gasteiger partial charge in [0.25, 0.3) is 0 Å². The van der Waals surface area contributed by atoms with E-state index in [-0.39, 0.29) is 11.8 Å². The molecule has 2 amide bonds. The number of ether oxygens (including phenoxy) is 2. The van der Waals surface area contributed by atoms with Crippen molar-refractivity contribution in [3.05, 3.63) is 59.7 Å². The highest BCUT2D eigenvalue weighted by Gasteiger charge is 2.28. The van der Waals surface area contributed by atoms with E-state index in [0.29, 0.717) is 39.0 Å². The van der Waals surface area contributed by atoms with Crippen LogP contribution in [0.25, 0.3) is 0 Å². The van der Waals surface area contributed by atoms with Crippen LogP contribution in [0.5, 0.6) is 11.5 Å². The van der Waals surface area contributed by atoms with Crippen molar-refractivity contribution in [1.29, 1.82) is 0 Å². The smallest absolute Gasteiger partial charge is 0.242 e. The second-order valence-electron chi connectivity index (χ2n) is 7.45. The van der Waals surface area contributed by atoms with Crippen molar-refractivity contribution >= 4 is 11.8 Å². The van der Waals surface area contributed by atoms with Crippen LogP contribution in [0.3, 0.4) is 0 Å². The summed E-state index contributed by atoms with van der Waals surface area (Å²) >= 11 is 0. The third-order valence-corrected chi connectivity index (χ3v) is 5.07. The van der Waals surface area contributed by atoms with Crippen molar-refractivity contribution in [2.24, 2.45) is 0 Å². The van der Waals surface area contributed by atoms with Gasteiger partial charge in [0.15, 0.2) is 0 Å². The molecule has 168 valence electrons. The molecule has 1 atom stereocenters. The lowest BCUT2D eigenvalue weighted by molar-refractivity contribution is -0.141. The van der Waals surface area contributed by atoms with E-state index in [0.717, 1.165) is 17.1 Å². The van der Waals surface area contributed by atoms with Crippen LogP contribution in [0.15, 0.2) is 48.5 Å². The summed E-state index contributed by atoms with van der Waals surface area (Å²) in [5.74, 6) is 1.37. The van der Waals surface area contributed by atoms with Crippen LogP contribution in [-0.2, 0) is 16.1 Å². The van der Waals surface area contributed by atoms with Crippen molar-refractivity contribution in [3.63, 3.8) is 0 Å². The highest BCUT2D eigenvalue weighted by atomic mass is 16.5. The van der Waals surface area contributed by atoms with Crippen molar-refractivity contribution < 1.29 is 19.1 Å². The molecular weight excluding hydrogens is 392 g/mol. The zero-order valence-corrected chi connectivity index (χ0v) is 19.0. The number of amides is 2. The lowest BCUT2D eigenvalue weighted by Crippen LogP contribution is -2.49. The largest absolute Gasteiger partial charge is 0.497 e. The normalized spacial score (nSPS) is 11.5. The summed E-state index contributed by atoms with van der Waals surface area (Å²) in [6.45, 7) is 7.18. The first-order valence-corrected chi connectivity index (χ1v) is 10.9. The maximum atomic E-state index is 13.1. The van der Waals surface area contributed by atoms with E-state index < -0.39 is 6.04 Å². The Hall–Kier alpha value is -3.02. The van der Waals surface area contributed by atoms with E-state index in [2.05, 4.69) is 5.32 Å². The fourth-order valence-corrected chi connectivity index (χ4v) is 3.33. The Balaban J connectivity index is 2.03. The van der Waals surface area contributed by atoms with Gasteiger partial charge in [-0.05, 0) is 56.5 Å². The van der Waals surface area contributed by atoms with E-state index in [1.807, 2.05) is 69.3 Å². The minimum atomic E-state index is -0.507. The van der Waals surface area contributed by atoms with E-state index >= 15 is 0 Å². The number of methoxy groups -OCH3 is 1. The summed E-state index contributed by atoms with van der Waals surface area (Å²) in [6, 6.07) is 14.9. The zero-order valence-electron chi connectivity index (χ0n) is 19.0. The maximum absolute atomic E-state index is 13.1. The van der Waals surface area contributed by atoms with Crippen molar-refractivity contribution in [2.45, 2.75) is 52.6 Å². The number of benzene rings is 2. The Morgan fingerprint density at radius 2 is 1.65 bits per heavy atom. The summed E-state index contributed by atoms with van der Waals surface area (Å²) in [4.78, 5) is 27.4. The molecule has 0 aliphatic rings. The van der Waals surface area contributed by atoms with Gasteiger partial charge in [-0.1, -0.05) is 36.8 Å². The minimum Gasteiger partial charge on any atom is -0.497 e. The summed E-state index contributed by atoms with van der Waals surface area (Å²) in [5, 5.41) is 2.85. The molecule has 0 bridgehead atoms. The Morgan fingerprint density at radius 3 is 2.23 bits per heavy atom. The van der Waals surface area contributed by atoms with Crippen LogP contribution in [0.2, 0.25) is 0 Å². The predicted octanol–water partition coefficient (Wildman–Crippen LogP) is 4.11. The number of nitrogens with zero attached hydrogens (tertiary/aromatic N) is 1. The summed E-state index contributed by atoms with van der Waals surface area (Å²) < 4.78 is 11.0. The van der Waals surface area contributed by atoms with Gasteiger partial charge in [-0.25, -0.2) is 0 Å². The fourth-order valence-electron chi connectivity index (χ4n) is 3.33. The van der Waals surface area contributed by atoms with E-state index in [4.69, 9.17) is 9.47 Å². The number of nitrogens with one attached hydrogen (secondary N) is 1. The molecule has 0 saturated heterocycles. The summed E-state index contributed by atoms with van der Waals surface area (Å²) in [7, 11) is 1.62. The highest BCUT2D eigenvalue weighted by Crippen LogP contribution is 2.18. The first-order valence-electron chi connectivity index (χ1n) is 10.9. The molecule has 0 heterocycles. The molecular formula is C25H34N2O4. The topological polar surface area (TPSA) is 67.9 Å². The molecule has 6 nitrogen and oxygen atoms in total. The molecule has 0 radical (unpaired) electrons. The van der Waals surface area contributed by atoms with Gasteiger partial charge in [0, 0.05) is 19.5 Å². The fraction of sp³-hybridized carbons (Fsp3) is 0.440. The molecule has 0 aliphatic heterocycles. The quantitative estimate of drug-likeness (QED) is 0.519. The molecule has 2 aromatic rings. The average Bonchev–Trinajstić information content (AvgIpc) is 2.78. The molecule has 0 fully saturated rings. The van der Waals surface area contributed by atoms with E-state index in [1.54, 1.807) is 12.0 Å². The second-order valence-corrected chi connectivity index (χ2v) is 7.45. The van der Waals surface area contributed by atoms with Gasteiger partial charge in [0.1, 0.15) is 17.5 Å². The minimum absolute atomic E-state index is 0.0542. The zero-order chi connectivity index (χ0) is 22.6. The third kappa shape index (κ3) is 7.63. The lowest BCUT2D eigenvalue weighted by Gasteiger charge is -2.30. The Kier molecular flexibility index (Phi) is 9.88. The van der Waals surface area contributed by atoms with Crippen LogP contribution in [0.4, 0.5) is 0 Å². The monoisotopic (exact) mass is 426 g/mol. The number of aryl methyl sites for hydroxylation is 1. The number of carbonyl (C=O) groups is 2. The molecule has 6 heteroatoms. The maximum Gasteiger partial charge on any atom is 0.242 e. The number of carbonyl (C=O) groups excluding carboxylic acids is 2. The second kappa shape index (κ2) is 12.6. The van der Waals surface area contributed by atoms with Gasteiger partial charge >= 0.3 is 0 Å². The molecule has 0 spiro atoms. The molecule has 0 aromatic heterocycles. The van der Waals surface area contributed by atoms with Gasteiger partial charge < -0.3 is 19.7 Å². The molecule has 2 aromatic carbocycles. The Morgan fingerprint density at radius 1 is 1.00 bits per heavy atom. The summed E-state index contributed by atoms with van der Waals surface area (Å²) in [6.07, 6.45) is 1.45. The van der Waals surface area contributed by atoms with Crippen LogP contribution >= 0.6 is 0 Å². The number of hydrogen-bond acceptors (Lipinski definition) is 4. The molecule has 2 rings (SSSR count). The van der Waals surface area contributed by atoms with Crippen LogP contribution < -0.4 is 14.8 Å². The van der Waals surface area contributed by atoms with Gasteiger partial charge in [-0.15, -0.1) is 0 Å². The van der Waals surface area contributed by atoms with Crippen LogP contribution in [0.1, 0.15) is 44.2 Å². The van der Waals surface area contributed by atoms with Crippen molar-refractivity contribution in [3.8, 4) is 11.5 Å². The first-order chi connectivity index (χ1) is 15.0. The molecule has 1 N–H and O–H groups in total. The van der Waals surface area contributed by atoms with Crippen LogP contribution in [-0.4, -0.2) is 43.0 Å². The standard InChI is InChI=1S/C25H34N2O4/c1-5-23(25(29)26-6-2)27(18-20-11-15-21(30-4)16-12-20)24(28)8-7-17-31-22-13-9-19(3)10-14-22/h9-16,23H,5-8,17-18H2,1-4H3,(H,26,29)/t23-/m0/s1. The van der Waals surface area contributed by atoms with Gasteiger partial charge in [0.2, 0.25) is 11.8 Å². The first kappa shape index (κ1) is 24.3. The number of hydrogen-bond donors (Lipinski definition) is 1. The highest BCUT2D eigenvalue weighted by molar-refractivity contribution is 5.87. The van der Waals surface area contributed by atoms with Crippen molar-refractivity contribution in [1.82, 2.24) is 10.2 Å².